The Labute approximate surface area is 192 Å². The summed E-state index contributed by atoms with van der Waals surface area (Å²) in [5, 5.41) is 0. The van der Waals surface area contributed by atoms with Crippen molar-refractivity contribution in [2.45, 2.75) is 131 Å². The van der Waals surface area contributed by atoms with Gasteiger partial charge in [-0.05, 0) is 63.7 Å². The fourth-order valence-electron chi connectivity index (χ4n) is 4.57. The van der Waals surface area contributed by atoms with Crippen LogP contribution in [0.15, 0.2) is 0 Å². The van der Waals surface area contributed by atoms with Gasteiger partial charge in [0.25, 0.3) is 0 Å². The van der Waals surface area contributed by atoms with E-state index >= 15 is 0 Å². The third-order valence-electron chi connectivity index (χ3n) is 7.14. The van der Waals surface area contributed by atoms with Crippen molar-refractivity contribution >= 4 is 11.9 Å². The van der Waals surface area contributed by atoms with E-state index in [2.05, 4.69) is 20.8 Å². The van der Waals surface area contributed by atoms with Crippen LogP contribution >= 0.6 is 0 Å². The van der Waals surface area contributed by atoms with Crippen molar-refractivity contribution in [3.05, 3.63) is 0 Å². The Balaban J connectivity index is 2.61. The van der Waals surface area contributed by atoms with Crippen LogP contribution in [0.3, 0.4) is 0 Å². The molecule has 6 unspecified atom stereocenters. The van der Waals surface area contributed by atoms with Crippen molar-refractivity contribution in [3.63, 3.8) is 0 Å². The van der Waals surface area contributed by atoms with Crippen LogP contribution in [-0.4, -0.2) is 24.1 Å². The zero-order valence-electron chi connectivity index (χ0n) is 21.5. The maximum absolute atomic E-state index is 12.9. The Morgan fingerprint density at radius 1 is 0.774 bits per heavy atom. The number of hydrogen-bond donors (Lipinski definition) is 0. The number of carbonyl (C=O) groups excluding carboxylic acids is 2. The summed E-state index contributed by atoms with van der Waals surface area (Å²) in [6, 6.07) is 0. The number of rotatable bonds is 14. The van der Waals surface area contributed by atoms with Gasteiger partial charge < -0.3 is 9.47 Å². The molecule has 4 heteroatoms. The molecule has 0 N–H and O–H groups in total. The molecule has 0 saturated heterocycles. The lowest BCUT2D eigenvalue weighted by Crippen LogP contribution is -2.39. The molecule has 1 aliphatic carbocycles. The first kappa shape index (κ1) is 28.0. The highest BCUT2D eigenvalue weighted by molar-refractivity contribution is 5.82. The van der Waals surface area contributed by atoms with Crippen LogP contribution in [0.4, 0.5) is 0 Å². The number of ether oxygens (including phenoxy) is 2. The highest BCUT2D eigenvalue weighted by Gasteiger charge is 2.41. The SMILES string of the molecule is CCC(C)OC(=O)C1CCC(CCCC(C)CCCC(C)C)CC1C(=O)OC(C)CC. The molecule has 0 aromatic heterocycles. The molecule has 6 atom stereocenters. The molecule has 4 nitrogen and oxygen atoms in total. The Morgan fingerprint density at radius 2 is 1.32 bits per heavy atom. The van der Waals surface area contributed by atoms with Gasteiger partial charge >= 0.3 is 11.9 Å². The molecule has 0 radical (unpaired) electrons. The molecule has 0 bridgehead atoms. The van der Waals surface area contributed by atoms with Gasteiger partial charge in [-0.3, -0.25) is 9.59 Å². The van der Waals surface area contributed by atoms with Gasteiger partial charge in [0.05, 0.1) is 24.0 Å². The molecule has 0 spiro atoms. The fourth-order valence-corrected chi connectivity index (χ4v) is 4.57. The third-order valence-corrected chi connectivity index (χ3v) is 7.14. The lowest BCUT2D eigenvalue weighted by atomic mass is 9.72. The molecule has 31 heavy (non-hydrogen) atoms. The van der Waals surface area contributed by atoms with E-state index in [1.807, 2.05) is 27.7 Å². The summed E-state index contributed by atoms with van der Waals surface area (Å²) in [6.07, 6.45) is 11.5. The van der Waals surface area contributed by atoms with Crippen LogP contribution in [-0.2, 0) is 19.1 Å². The van der Waals surface area contributed by atoms with Gasteiger partial charge in [0.2, 0.25) is 0 Å². The second-order valence-corrected chi connectivity index (χ2v) is 10.6. The van der Waals surface area contributed by atoms with E-state index in [9.17, 15) is 9.59 Å². The first-order valence-electron chi connectivity index (χ1n) is 13.1. The van der Waals surface area contributed by atoms with E-state index in [1.165, 1.54) is 32.1 Å². The predicted octanol–water partition coefficient (Wildman–Crippen LogP) is 7.34. The molecule has 0 heterocycles. The number of esters is 2. The quantitative estimate of drug-likeness (QED) is 0.266. The van der Waals surface area contributed by atoms with Crippen molar-refractivity contribution in [2.24, 2.45) is 29.6 Å². The molecule has 1 rings (SSSR count). The average molecular weight is 439 g/mol. The average Bonchev–Trinajstić information content (AvgIpc) is 2.72. The zero-order chi connectivity index (χ0) is 23.4. The van der Waals surface area contributed by atoms with Crippen LogP contribution in [0.5, 0.6) is 0 Å². The van der Waals surface area contributed by atoms with E-state index in [1.54, 1.807) is 0 Å². The summed E-state index contributed by atoms with van der Waals surface area (Å²) < 4.78 is 11.3. The van der Waals surface area contributed by atoms with E-state index in [0.717, 1.165) is 50.4 Å². The van der Waals surface area contributed by atoms with E-state index in [-0.39, 0.29) is 36.0 Å². The molecule has 182 valence electrons. The maximum atomic E-state index is 12.9. The Morgan fingerprint density at radius 3 is 1.87 bits per heavy atom. The van der Waals surface area contributed by atoms with Crippen molar-refractivity contribution in [1.29, 1.82) is 0 Å². The monoisotopic (exact) mass is 438 g/mol. The van der Waals surface area contributed by atoms with Crippen LogP contribution in [0.2, 0.25) is 0 Å². The minimum Gasteiger partial charge on any atom is -0.462 e. The molecular weight excluding hydrogens is 388 g/mol. The minimum absolute atomic E-state index is 0.103. The highest BCUT2D eigenvalue weighted by Crippen LogP contribution is 2.38. The van der Waals surface area contributed by atoms with E-state index < -0.39 is 0 Å². The zero-order valence-corrected chi connectivity index (χ0v) is 21.5. The topological polar surface area (TPSA) is 52.6 Å². The van der Waals surface area contributed by atoms with Crippen LogP contribution in [0, 0.1) is 29.6 Å². The van der Waals surface area contributed by atoms with Crippen LogP contribution < -0.4 is 0 Å². The minimum atomic E-state index is -0.354. The molecule has 0 aliphatic heterocycles. The Kier molecular flexibility index (Phi) is 13.4. The van der Waals surface area contributed by atoms with Crippen molar-refractivity contribution in [3.8, 4) is 0 Å². The Hall–Kier alpha value is -1.06. The Bertz CT molecular complexity index is 515. The summed E-state index contributed by atoms with van der Waals surface area (Å²) in [6.45, 7) is 14.8. The molecule has 0 amide bonds. The molecule has 1 saturated carbocycles. The predicted molar refractivity (Wildman–Crippen MR) is 128 cm³/mol. The third kappa shape index (κ3) is 10.9. The first-order valence-corrected chi connectivity index (χ1v) is 13.1. The van der Waals surface area contributed by atoms with Crippen LogP contribution in [0.1, 0.15) is 119 Å². The summed E-state index contributed by atoms with van der Waals surface area (Å²) in [7, 11) is 0. The lowest BCUT2D eigenvalue weighted by Gasteiger charge is -2.34. The maximum Gasteiger partial charge on any atom is 0.310 e. The van der Waals surface area contributed by atoms with Crippen molar-refractivity contribution in [1.82, 2.24) is 0 Å². The largest absolute Gasteiger partial charge is 0.462 e. The molecule has 0 aromatic carbocycles. The molecule has 1 fully saturated rings. The van der Waals surface area contributed by atoms with Gasteiger partial charge in [-0.15, -0.1) is 0 Å². The van der Waals surface area contributed by atoms with Crippen LogP contribution in [0.25, 0.3) is 0 Å². The van der Waals surface area contributed by atoms with Crippen molar-refractivity contribution in [2.75, 3.05) is 0 Å². The van der Waals surface area contributed by atoms with Gasteiger partial charge in [-0.25, -0.2) is 0 Å². The lowest BCUT2D eigenvalue weighted by molar-refractivity contribution is -0.169. The summed E-state index contributed by atoms with van der Waals surface area (Å²) in [5.41, 5.74) is 0. The number of hydrogen-bond acceptors (Lipinski definition) is 4. The molecular formula is C27H50O4. The van der Waals surface area contributed by atoms with Crippen molar-refractivity contribution < 1.29 is 19.1 Å². The second kappa shape index (κ2) is 14.9. The molecule has 0 aromatic rings. The standard InChI is InChI=1S/C27H50O4/c1-8-21(6)30-26(28)24-17-16-23(18-25(24)27(29)31-22(7)9-2)15-11-14-20(5)13-10-12-19(3)4/h19-25H,8-18H2,1-7H3. The highest BCUT2D eigenvalue weighted by atomic mass is 16.6. The second-order valence-electron chi connectivity index (χ2n) is 10.6. The number of carbonyl (C=O) groups is 2. The molecule has 1 aliphatic rings. The fraction of sp³-hybridized carbons (Fsp3) is 0.926. The smallest absolute Gasteiger partial charge is 0.310 e. The van der Waals surface area contributed by atoms with Gasteiger partial charge in [0.1, 0.15) is 0 Å². The normalized spacial score (nSPS) is 24.5. The van der Waals surface area contributed by atoms with Gasteiger partial charge in [-0.2, -0.15) is 0 Å². The van der Waals surface area contributed by atoms with Gasteiger partial charge in [0.15, 0.2) is 0 Å². The van der Waals surface area contributed by atoms with E-state index in [0.29, 0.717) is 5.92 Å². The summed E-state index contributed by atoms with van der Waals surface area (Å²) in [5.74, 6) is 0.952. The first-order chi connectivity index (χ1) is 14.7. The summed E-state index contributed by atoms with van der Waals surface area (Å²) in [4.78, 5) is 25.7. The van der Waals surface area contributed by atoms with E-state index in [4.69, 9.17) is 9.47 Å². The summed E-state index contributed by atoms with van der Waals surface area (Å²) >= 11 is 0. The van der Waals surface area contributed by atoms with Gasteiger partial charge in [0, 0.05) is 0 Å². The van der Waals surface area contributed by atoms with Gasteiger partial charge in [-0.1, -0.05) is 73.1 Å².